The number of piperidine rings is 1. The minimum absolute atomic E-state index is 0.0711. The minimum Gasteiger partial charge on any atom is -0.339 e. The predicted molar refractivity (Wildman–Crippen MR) is 76.6 cm³/mol. The number of likely N-dealkylation sites (tertiary alicyclic amines) is 1. The largest absolute Gasteiger partial charge is 0.339 e. The summed E-state index contributed by atoms with van der Waals surface area (Å²) >= 11 is 0. The van der Waals surface area contributed by atoms with Crippen LogP contribution in [0.15, 0.2) is 18.2 Å². The van der Waals surface area contributed by atoms with Gasteiger partial charge in [0.1, 0.15) is 5.82 Å². The molecule has 1 aromatic carbocycles. The molecule has 0 aliphatic carbocycles. The normalized spacial score (nSPS) is 15.7. The number of nitrogens with two attached hydrogens (primary N) is 1. The van der Waals surface area contributed by atoms with Crippen LogP contribution in [0.2, 0.25) is 0 Å². The van der Waals surface area contributed by atoms with Crippen LogP contribution in [0.5, 0.6) is 0 Å². The lowest BCUT2D eigenvalue weighted by Gasteiger charge is -2.30. The van der Waals surface area contributed by atoms with Gasteiger partial charge in [0, 0.05) is 18.7 Å². The Morgan fingerprint density at radius 3 is 2.80 bits per heavy atom. The van der Waals surface area contributed by atoms with Crippen molar-refractivity contribution in [1.29, 1.82) is 0 Å². The Kier molecular flexibility index (Phi) is 4.75. The van der Waals surface area contributed by atoms with Gasteiger partial charge in [0.15, 0.2) is 0 Å². The maximum Gasteiger partial charge on any atom is 0.255 e. The van der Waals surface area contributed by atoms with Gasteiger partial charge in [0.25, 0.3) is 5.91 Å². The zero-order valence-electron chi connectivity index (χ0n) is 11.7. The molecule has 1 aromatic rings. The van der Waals surface area contributed by atoms with Crippen molar-refractivity contribution in [3.63, 3.8) is 0 Å². The molecular weight excluding hydrogens is 255 g/mol. The zero-order chi connectivity index (χ0) is 14.5. The van der Waals surface area contributed by atoms with Gasteiger partial charge in [-0.15, -0.1) is 0 Å². The third-order valence-electron chi connectivity index (χ3n) is 3.61. The molecule has 0 spiro atoms. The number of carbonyl (C=O) groups is 1. The third kappa shape index (κ3) is 3.37. The molecular formula is C16H19FN2O. The molecule has 1 aliphatic heterocycles. The molecule has 1 amide bonds. The molecule has 106 valence electrons. The number of rotatable bonds is 1. The minimum atomic E-state index is -0.393. The van der Waals surface area contributed by atoms with Gasteiger partial charge >= 0.3 is 0 Å². The summed E-state index contributed by atoms with van der Waals surface area (Å²) in [5, 5.41) is 0. The highest BCUT2D eigenvalue weighted by Crippen LogP contribution is 2.20. The number of benzene rings is 1. The van der Waals surface area contributed by atoms with E-state index in [2.05, 4.69) is 18.8 Å². The molecule has 1 heterocycles. The molecule has 0 atom stereocenters. The molecule has 1 aliphatic rings. The summed E-state index contributed by atoms with van der Waals surface area (Å²) in [5.74, 6) is 5.65. The third-order valence-corrected chi connectivity index (χ3v) is 3.61. The van der Waals surface area contributed by atoms with E-state index in [9.17, 15) is 9.18 Å². The summed E-state index contributed by atoms with van der Waals surface area (Å²) in [6, 6.07) is 4.10. The van der Waals surface area contributed by atoms with Crippen molar-refractivity contribution in [2.45, 2.75) is 19.8 Å². The molecule has 0 unspecified atom stereocenters. The molecule has 2 N–H and O–H groups in total. The first kappa shape index (κ1) is 14.5. The second-order valence-electron chi connectivity index (χ2n) is 5.17. The molecule has 2 rings (SSSR count). The Morgan fingerprint density at radius 2 is 2.15 bits per heavy atom. The van der Waals surface area contributed by atoms with Crippen LogP contribution < -0.4 is 5.73 Å². The fraction of sp³-hybridized carbons (Fsp3) is 0.438. The molecule has 4 heteroatoms. The summed E-state index contributed by atoms with van der Waals surface area (Å²) in [4.78, 5) is 14.3. The number of amides is 1. The Balaban J connectivity index is 2.25. The molecule has 0 radical (unpaired) electrons. The smallest absolute Gasteiger partial charge is 0.255 e. The highest BCUT2D eigenvalue weighted by atomic mass is 19.1. The maximum atomic E-state index is 13.3. The standard InChI is InChI=1S/C16H19FN2O/c1-12-6-9-19(10-7-12)16(20)15-5-4-14(17)11-13(15)3-2-8-18/h4-5,11-12H,6-10,18H2,1H3. The summed E-state index contributed by atoms with van der Waals surface area (Å²) in [5.41, 5.74) is 6.21. The molecule has 1 saturated heterocycles. The lowest BCUT2D eigenvalue weighted by molar-refractivity contribution is 0.0697. The van der Waals surface area contributed by atoms with Crippen molar-refractivity contribution in [3.8, 4) is 11.8 Å². The van der Waals surface area contributed by atoms with E-state index in [1.54, 1.807) is 0 Å². The van der Waals surface area contributed by atoms with E-state index in [-0.39, 0.29) is 12.5 Å². The van der Waals surface area contributed by atoms with Crippen molar-refractivity contribution in [3.05, 3.63) is 35.1 Å². The maximum absolute atomic E-state index is 13.3. The second kappa shape index (κ2) is 6.53. The highest BCUT2D eigenvalue weighted by Gasteiger charge is 2.23. The second-order valence-corrected chi connectivity index (χ2v) is 5.17. The topological polar surface area (TPSA) is 46.3 Å². The fourth-order valence-electron chi connectivity index (χ4n) is 2.33. The van der Waals surface area contributed by atoms with E-state index in [1.807, 2.05) is 4.90 Å². The van der Waals surface area contributed by atoms with Crippen LogP contribution in [0.3, 0.4) is 0 Å². The van der Waals surface area contributed by atoms with Crippen LogP contribution in [0.4, 0.5) is 4.39 Å². The number of hydrogen-bond donors (Lipinski definition) is 1. The van der Waals surface area contributed by atoms with Crippen molar-refractivity contribution < 1.29 is 9.18 Å². The van der Waals surface area contributed by atoms with Crippen LogP contribution in [0.1, 0.15) is 35.7 Å². The monoisotopic (exact) mass is 274 g/mol. The Labute approximate surface area is 119 Å². The van der Waals surface area contributed by atoms with E-state index >= 15 is 0 Å². The molecule has 3 nitrogen and oxygen atoms in total. The first-order valence-corrected chi connectivity index (χ1v) is 6.89. The van der Waals surface area contributed by atoms with E-state index < -0.39 is 5.82 Å². The van der Waals surface area contributed by atoms with Crippen LogP contribution in [0, 0.1) is 23.6 Å². The van der Waals surface area contributed by atoms with Gasteiger partial charge in [-0.2, -0.15) is 0 Å². The number of carbonyl (C=O) groups excluding carboxylic acids is 1. The van der Waals surface area contributed by atoms with Gasteiger partial charge < -0.3 is 10.6 Å². The van der Waals surface area contributed by atoms with Crippen molar-refractivity contribution in [2.75, 3.05) is 19.6 Å². The van der Waals surface area contributed by atoms with Gasteiger partial charge in [0.2, 0.25) is 0 Å². The van der Waals surface area contributed by atoms with Crippen molar-refractivity contribution >= 4 is 5.91 Å². The lowest BCUT2D eigenvalue weighted by Crippen LogP contribution is -2.38. The Morgan fingerprint density at radius 1 is 1.45 bits per heavy atom. The number of nitrogens with zero attached hydrogens (tertiary/aromatic N) is 1. The van der Waals surface area contributed by atoms with Gasteiger partial charge in [0.05, 0.1) is 12.1 Å². The fourth-order valence-corrected chi connectivity index (χ4v) is 2.33. The number of halogens is 1. The molecule has 0 saturated carbocycles. The van der Waals surface area contributed by atoms with E-state index in [0.29, 0.717) is 17.0 Å². The van der Waals surface area contributed by atoms with Gasteiger partial charge in [-0.3, -0.25) is 4.79 Å². The Bertz CT molecular complexity index is 551. The van der Waals surface area contributed by atoms with E-state index in [4.69, 9.17) is 5.73 Å². The average molecular weight is 274 g/mol. The van der Waals surface area contributed by atoms with Gasteiger partial charge in [-0.1, -0.05) is 18.8 Å². The lowest BCUT2D eigenvalue weighted by atomic mass is 9.98. The SMILES string of the molecule is CC1CCN(C(=O)c2ccc(F)cc2C#CCN)CC1. The summed E-state index contributed by atoms with van der Waals surface area (Å²) in [6.07, 6.45) is 2.02. The Hall–Kier alpha value is -1.86. The quantitative estimate of drug-likeness (QED) is 0.796. The van der Waals surface area contributed by atoms with E-state index in [0.717, 1.165) is 25.9 Å². The predicted octanol–water partition coefficient (Wildman–Crippen LogP) is 2.01. The average Bonchev–Trinajstić information content (AvgIpc) is 2.45. The van der Waals surface area contributed by atoms with Crippen LogP contribution >= 0.6 is 0 Å². The molecule has 20 heavy (non-hydrogen) atoms. The first-order chi connectivity index (χ1) is 9.61. The molecule has 1 fully saturated rings. The van der Waals surface area contributed by atoms with Crippen molar-refractivity contribution in [1.82, 2.24) is 4.90 Å². The van der Waals surface area contributed by atoms with E-state index in [1.165, 1.54) is 18.2 Å². The molecule has 0 aromatic heterocycles. The highest BCUT2D eigenvalue weighted by molar-refractivity contribution is 5.96. The van der Waals surface area contributed by atoms with Gasteiger partial charge in [-0.25, -0.2) is 4.39 Å². The summed E-state index contributed by atoms with van der Waals surface area (Å²) in [6.45, 7) is 3.88. The summed E-state index contributed by atoms with van der Waals surface area (Å²) in [7, 11) is 0. The zero-order valence-corrected chi connectivity index (χ0v) is 11.7. The van der Waals surface area contributed by atoms with Crippen LogP contribution in [-0.2, 0) is 0 Å². The van der Waals surface area contributed by atoms with Gasteiger partial charge in [-0.05, 0) is 37.0 Å². The van der Waals surface area contributed by atoms with Crippen LogP contribution in [-0.4, -0.2) is 30.4 Å². The number of hydrogen-bond acceptors (Lipinski definition) is 2. The first-order valence-electron chi connectivity index (χ1n) is 6.89. The van der Waals surface area contributed by atoms with Crippen molar-refractivity contribution in [2.24, 2.45) is 11.7 Å². The van der Waals surface area contributed by atoms with Crippen LogP contribution in [0.25, 0.3) is 0 Å². The molecule has 0 bridgehead atoms. The summed E-state index contributed by atoms with van der Waals surface area (Å²) < 4.78 is 13.3.